The van der Waals surface area contributed by atoms with Crippen LogP contribution in [0.3, 0.4) is 0 Å². The SMILES string of the molecule is O=C(O)c1cccc(-c2cnn(-c3ccc(Cl)c(Cl)c3)c2)c1. The van der Waals surface area contributed by atoms with Crippen LogP contribution in [0, 0.1) is 0 Å². The summed E-state index contributed by atoms with van der Waals surface area (Å²) in [4.78, 5) is 11.0. The monoisotopic (exact) mass is 332 g/mol. The fourth-order valence-electron chi connectivity index (χ4n) is 2.07. The number of nitrogens with zero attached hydrogens (tertiary/aromatic N) is 2. The molecule has 4 nitrogen and oxygen atoms in total. The molecule has 1 heterocycles. The molecule has 0 spiro atoms. The molecule has 1 N–H and O–H groups in total. The first-order valence-corrected chi connectivity index (χ1v) is 7.14. The summed E-state index contributed by atoms with van der Waals surface area (Å²) < 4.78 is 1.66. The molecule has 0 radical (unpaired) electrons. The summed E-state index contributed by atoms with van der Waals surface area (Å²) >= 11 is 11.9. The van der Waals surface area contributed by atoms with E-state index in [4.69, 9.17) is 28.3 Å². The Morgan fingerprint density at radius 1 is 1.05 bits per heavy atom. The van der Waals surface area contributed by atoms with Gasteiger partial charge in [-0.15, -0.1) is 0 Å². The number of aromatic nitrogens is 2. The lowest BCUT2D eigenvalue weighted by Crippen LogP contribution is -1.95. The van der Waals surface area contributed by atoms with Gasteiger partial charge in [-0.3, -0.25) is 0 Å². The summed E-state index contributed by atoms with van der Waals surface area (Å²) in [6, 6.07) is 11.9. The Labute approximate surface area is 136 Å². The second-order valence-electron chi connectivity index (χ2n) is 4.66. The number of halogens is 2. The molecule has 3 rings (SSSR count). The molecule has 110 valence electrons. The van der Waals surface area contributed by atoms with E-state index in [0.29, 0.717) is 10.0 Å². The molecule has 0 aliphatic carbocycles. The van der Waals surface area contributed by atoms with Gasteiger partial charge in [-0.1, -0.05) is 35.3 Å². The van der Waals surface area contributed by atoms with E-state index in [2.05, 4.69) is 5.10 Å². The summed E-state index contributed by atoms with van der Waals surface area (Å²) in [7, 11) is 0. The lowest BCUT2D eigenvalue weighted by molar-refractivity contribution is 0.0697. The predicted molar refractivity (Wildman–Crippen MR) is 86.0 cm³/mol. The number of hydrogen-bond donors (Lipinski definition) is 1. The third-order valence-electron chi connectivity index (χ3n) is 3.19. The van der Waals surface area contributed by atoms with Gasteiger partial charge >= 0.3 is 5.97 Å². The van der Waals surface area contributed by atoms with Gasteiger partial charge in [0.15, 0.2) is 0 Å². The fourth-order valence-corrected chi connectivity index (χ4v) is 2.36. The topological polar surface area (TPSA) is 55.1 Å². The molecule has 0 aliphatic rings. The van der Waals surface area contributed by atoms with Crippen molar-refractivity contribution < 1.29 is 9.90 Å². The zero-order valence-corrected chi connectivity index (χ0v) is 12.7. The van der Waals surface area contributed by atoms with Crippen LogP contribution in [0.2, 0.25) is 10.0 Å². The van der Waals surface area contributed by atoms with Crippen molar-refractivity contribution in [1.82, 2.24) is 9.78 Å². The van der Waals surface area contributed by atoms with Gasteiger partial charge in [-0.05, 0) is 35.9 Å². The van der Waals surface area contributed by atoms with Gasteiger partial charge in [0, 0.05) is 11.8 Å². The number of carboxylic acid groups (broad SMARTS) is 1. The maximum atomic E-state index is 11.0. The minimum absolute atomic E-state index is 0.236. The van der Waals surface area contributed by atoms with Crippen molar-refractivity contribution in [3.63, 3.8) is 0 Å². The summed E-state index contributed by atoms with van der Waals surface area (Å²) in [5.74, 6) is -0.960. The Bertz CT molecular complexity index is 859. The predicted octanol–water partition coefficient (Wildman–Crippen LogP) is 4.54. The van der Waals surface area contributed by atoms with E-state index in [1.54, 1.807) is 53.5 Å². The van der Waals surface area contributed by atoms with Gasteiger partial charge in [0.1, 0.15) is 0 Å². The maximum Gasteiger partial charge on any atom is 0.335 e. The molecule has 1 aromatic heterocycles. The van der Waals surface area contributed by atoms with Crippen molar-refractivity contribution in [2.24, 2.45) is 0 Å². The molecule has 0 saturated carbocycles. The Hall–Kier alpha value is -2.30. The first-order chi connectivity index (χ1) is 10.5. The number of aromatic carboxylic acids is 1. The van der Waals surface area contributed by atoms with Crippen LogP contribution in [0.4, 0.5) is 0 Å². The molecule has 0 unspecified atom stereocenters. The van der Waals surface area contributed by atoms with E-state index in [1.165, 1.54) is 0 Å². The highest BCUT2D eigenvalue weighted by molar-refractivity contribution is 6.42. The van der Waals surface area contributed by atoms with E-state index in [1.807, 2.05) is 6.07 Å². The third kappa shape index (κ3) is 2.84. The van der Waals surface area contributed by atoms with E-state index in [9.17, 15) is 4.79 Å². The van der Waals surface area contributed by atoms with Crippen molar-refractivity contribution in [1.29, 1.82) is 0 Å². The van der Waals surface area contributed by atoms with Crippen LogP contribution >= 0.6 is 23.2 Å². The van der Waals surface area contributed by atoms with Crippen LogP contribution in [0.15, 0.2) is 54.9 Å². The molecular weight excluding hydrogens is 323 g/mol. The first-order valence-electron chi connectivity index (χ1n) is 6.38. The average molecular weight is 333 g/mol. The van der Waals surface area contributed by atoms with Crippen molar-refractivity contribution in [2.45, 2.75) is 0 Å². The highest BCUT2D eigenvalue weighted by atomic mass is 35.5. The Morgan fingerprint density at radius 2 is 1.86 bits per heavy atom. The average Bonchev–Trinajstić information content (AvgIpc) is 3.00. The summed E-state index contributed by atoms with van der Waals surface area (Å²) in [5, 5.41) is 14.3. The molecule has 0 atom stereocenters. The molecule has 0 amide bonds. The van der Waals surface area contributed by atoms with E-state index in [-0.39, 0.29) is 5.56 Å². The Morgan fingerprint density at radius 3 is 2.59 bits per heavy atom. The lowest BCUT2D eigenvalue weighted by Gasteiger charge is -2.03. The van der Waals surface area contributed by atoms with Crippen LogP contribution in [-0.2, 0) is 0 Å². The molecule has 22 heavy (non-hydrogen) atoms. The van der Waals surface area contributed by atoms with E-state index in [0.717, 1.165) is 16.8 Å². The molecule has 0 saturated heterocycles. The maximum absolute atomic E-state index is 11.0. The molecule has 0 aliphatic heterocycles. The Balaban J connectivity index is 1.98. The van der Waals surface area contributed by atoms with Crippen LogP contribution in [0.1, 0.15) is 10.4 Å². The van der Waals surface area contributed by atoms with Crippen molar-refractivity contribution >= 4 is 29.2 Å². The Kier molecular flexibility index (Phi) is 3.88. The number of benzene rings is 2. The van der Waals surface area contributed by atoms with Crippen LogP contribution in [-0.4, -0.2) is 20.9 Å². The number of rotatable bonds is 3. The van der Waals surface area contributed by atoms with Crippen molar-refractivity contribution in [3.8, 4) is 16.8 Å². The zero-order chi connectivity index (χ0) is 15.7. The number of hydrogen-bond acceptors (Lipinski definition) is 2. The summed E-state index contributed by atoms with van der Waals surface area (Å²) in [6.07, 6.45) is 3.48. The molecule has 3 aromatic rings. The fraction of sp³-hybridized carbons (Fsp3) is 0. The lowest BCUT2D eigenvalue weighted by atomic mass is 10.1. The second-order valence-corrected chi connectivity index (χ2v) is 5.47. The molecule has 6 heteroatoms. The summed E-state index contributed by atoms with van der Waals surface area (Å²) in [6.45, 7) is 0. The minimum Gasteiger partial charge on any atom is -0.478 e. The zero-order valence-electron chi connectivity index (χ0n) is 11.2. The van der Waals surface area contributed by atoms with E-state index >= 15 is 0 Å². The third-order valence-corrected chi connectivity index (χ3v) is 3.93. The van der Waals surface area contributed by atoms with Gasteiger partial charge in [0.05, 0.1) is 27.5 Å². The van der Waals surface area contributed by atoms with Gasteiger partial charge < -0.3 is 5.11 Å². The second kappa shape index (κ2) is 5.83. The van der Waals surface area contributed by atoms with Gasteiger partial charge in [0.2, 0.25) is 0 Å². The molecule has 0 fully saturated rings. The quantitative estimate of drug-likeness (QED) is 0.765. The minimum atomic E-state index is -0.960. The number of carbonyl (C=O) groups is 1. The van der Waals surface area contributed by atoms with Gasteiger partial charge in [0.25, 0.3) is 0 Å². The van der Waals surface area contributed by atoms with Crippen LogP contribution < -0.4 is 0 Å². The highest BCUT2D eigenvalue weighted by Crippen LogP contribution is 2.26. The van der Waals surface area contributed by atoms with Crippen molar-refractivity contribution in [3.05, 3.63) is 70.5 Å². The molecule has 0 bridgehead atoms. The smallest absolute Gasteiger partial charge is 0.335 e. The highest BCUT2D eigenvalue weighted by Gasteiger charge is 2.08. The largest absolute Gasteiger partial charge is 0.478 e. The van der Waals surface area contributed by atoms with Crippen molar-refractivity contribution in [2.75, 3.05) is 0 Å². The van der Waals surface area contributed by atoms with Gasteiger partial charge in [-0.2, -0.15) is 5.10 Å². The standard InChI is InChI=1S/C16H10Cl2N2O2/c17-14-5-4-13(7-15(14)18)20-9-12(8-19-20)10-2-1-3-11(6-10)16(21)22/h1-9H,(H,21,22). The first kappa shape index (κ1) is 14.6. The van der Waals surface area contributed by atoms with Crippen LogP contribution in [0.25, 0.3) is 16.8 Å². The summed E-state index contributed by atoms with van der Waals surface area (Å²) in [5.41, 5.74) is 2.61. The molecule has 2 aromatic carbocycles. The normalized spacial score (nSPS) is 10.6. The van der Waals surface area contributed by atoms with Crippen LogP contribution in [0.5, 0.6) is 0 Å². The van der Waals surface area contributed by atoms with E-state index < -0.39 is 5.97 Å². The number of carboxylic acids is 1. The van der Waals surface area contributed by atoms with Gasteiger partial charge in [-0.25, -0.2) is 9.48 Å². The molecular formula is C16H10Cl2N2O2.